The van der Waals surface area contributed by atoms with Gasteiger partial charge in [0, 0.05) is 24.7 Å². The lowest BCUT2D eigenvalue weighted by atomic mass is 10.1. The molecule has 1 aromatic carbocycles. The van der Waals surface area contributed by atoms with Crippen LogP contribution >= 0.6 is 0 Å². The van der Waals surface area contributed by atoms with Crippen molar-refractivity contribution < 1.29 is 22.6 Å². The second-order valence-electron chi connectivity index (χ2n) is 6.17. The average molecular weight is 398 g/mol. The number of nitrogens with zero attached hydrogens (tertiary/aromatic N) is 2. The molecule has 154 valence electrons. The number of aryl methyl sites for hydroxylation is 1. The summed E-state index contributed by atoms with van der Waals surface area (Å²) >= 11 is 0. The van der Waals surface area contributed by atoms with Crippen molar-refractivity contribution in [3.63, 3.8) is 0 Å². The fourth-order valence-corrected chi connectivity index (χ4v) is 2.80. The number of halogens is 3. The predicted molar refractivity (Wildman–Crippen MR) is 103 cm³/mol. The highest BCUT2D eigenvalue weighted by Crippen LogP contribution is 2.36. The normalized spacial score (nSPS) is 11.5. The highest BCUT2D eigenvalue weighted by Gasteiger charge is 2.31. The minimum Gasteiger partial charge on any atom is -0.496 e. The first kappa shape index (κ1) is 21.6. The standard InChI is InChI=1S/C19H25F3N4O2/c1-6-12(7-2)25-18-17(23-4)26-16(11(3)24-18)14-9-8-13(10-15(14)27-5)28-19(20,21)22/h8-10,12H,6-7H2,1-5H3,(H,23,26)(H,24,25). The van der Waals surface area contributed by atoms with Crippen LogP contribution in [0, 0.1) is 6.92 Å². The predicted octanol–water partition coefficient (Wildman–Crippen LogP) is 5.00. The summed E-state index contributed by atoms with van der Waals surface area (Å²) in [4.78, 5) is 9.23. The first-order valence-corrected chi connectivity index (χ1v) is 8.99. The van der Waals surface area contributed by atoms with Crippen molar-refractivity contribution in [2.75, 3.05) is 24.8 Å². The Balaban J connectivity index is 2.47. The van der Waals surface area contributed by atoms with E-state index in [1.165, 1.54) is 25.3 Å². The molecular weight excluding hydrogens is 373 g/mol. The minimum atomic E-state index is -4.77. The molecule has 0 amide bonds. The molecule has 0 radical (unpaired) electrons. The smallest absolute Gasteiger partial charge is 0.496 e. The molecule has 0 spiro atoms. The van der Waals surface area contributed by atoms with Crippen LogP contribution in [0.3, 0.4) is 0 Å². The van der Waals surface area contributed by atoms with Gasteiger partial charge in [-0.05, 0) is 31.9 Å². The third kappa shape index (κ3) is 5.17. The number of methoxy groups -OCH3 is 1. The van der Waals surface area contributed by atoms with Crippen LogP contribution < -0.4 is 20.1 Å². The van der Waals surface area contributed by atoms with Crippen molar-refractivity contribution in [3.05, 3.63) is 23.9 Å². The minimum absolute atomic E-state index is 0.210. The molecule has 0 aliphatic heterocycles. The molecule has 0 bridgehead atoms. The molecule has 1 heterocycles. The van der Waals surface area contributed by atoms with Crippen molar-refractivity contribution >= 4 is 11.6 Å². The molecule has 28 heavy (non-hydrogen) atoms. The number of ether oxygens (including phenoxy) is 2. The summed E-state index contributed by atoms with van der Waals surface area (Å²) in [6.45, 7) is 5.97. The maximum Gasteiger partial charge on any atom is 0.573 e. The van der Waals surface area contributed by atoms with E-state index in [0.29, 0.717) is 28.6 Å². The molecule has 0 aliphatic carbocycles. The van der Waals surface area contributed by atoms with Crippen molar-refractivity contribution in [2.24, 2.45) is 0 Å². The Morgan fingerprint density at radius 2 is 1.79 bits per heavy atom. The van der Waals surface area contributed by atoms with E-state index in [4.69, 9.17) is 4.74 Å². The van der Waals surface area contributed by atoms with Gasteiger partial charge in [0.1, 0.15) is 11.5 Å². The molecule has 9 heteroatoms. The maximum atomic E-state index is 12.5. The molecule has 0 unspecified atom stereocenters. The number of alkyl halides is 3. The van der Waals surface area contributed by atoms with Crippen LogP contribution in [0.1, 0.15) is 32.4 Å². The summed E-state index contributed by atoms with van der Waals surface area (Å²) < 4.78 is 46.6. The fourth-order valence-electron chi connectivity index (χ4n) is 2.80. The van der Waals surface area contributed by atoms with Gasteiger partial charge in [-0.1, -0.05) is 13.8 Å². The lowest BCUT2D eigenvalue weighted by Gasteiger charge is -2.20. The summed E-state index contributed by atoms with van der Waals surface area (Å²) in [6, 6.07) is 4.14. The molecular formula is C19H25F3N4O2. The van der Waals surface area contributed by atoms with Gasteiger partial charge in [0.2, 0.25) is 0 Å². The highest BCUT2D eigenvalue weighted by atomic mass is 19.4. The van der Waals surface area contributed by atoms with E-state index >= 15 is 0 Å². The summed E-state index contributed by atoms with van der Waals surface area (Å²) in [6.07, 6.45) is -2.89. The van der Waals surface area contributed by atoms with Gasteiger partial charge < -0.3 is 20.1 Å². The van der Waals surface area contributed by atoms with Gasteiger partial charge in [0.25, 0.3) is 0 Å². The average Bonchev–Trinajstić information content (AvgIpc) is 2.65. The molecule has 0 saturated heterocycles. The lowest BCUT2D eigenvalue weighted by Crippen LogP contribution is -2.20. The summed E-state index contributed by atoms with van der Waals surface area (Å²) in [5.74, 6) is 1.03. The molecule has 0 atom stereocenters. The van der Waals surface area contributed by atoms with Gasteiger partial charge in [-0.15, -0.1) is 13.2 Å². The second kappa shape index (κ2) is 8.99. The van der Waals surface area contributed by atoms with Gasteiger partial charge in [-0.25, -0.2) is 9.97 Å². The van der Waals surface area contributed by atoms with Crippen LogP contribution in [0.5, 0.6) is 11.5 Å². The van der Waals surface area contributed by atoms with Gasteiger partial charge in [-0.2, -0.15) is 0 Å². The molecule has 2 N–H and O–H groups in total. The SMILES string of the molecule is CCC(CC)Nc1nc(C)c(-c2ccc(OC(F)(F)F)cc2OC)nc1NC. The first-order chi connectivity index (χ1) is 13.2. The molecule has 6 nitrogen and oxygen atoms in total. The third-order valence-corrected chi connectivity index (χ3v) is 4.30. The maximum absolute atomic E-state index is 12.5. The van der Waals surface area contributed by atoms with E-state index in [9.17, 15) is 13.2 Å². The Morgan fingerprint density at radius 3 is 2.32 bits per heavy atom. The summed E-state index contributed by atoms with van der Waals surface area (Å²) in [5.41, 5.74) is 1.65. The number of anilines is 2. The lowest BCUT2D eigenvalue weighted by molar-refractivity contribution is -0.274. The summed E-state index contributed by atoms with van der Waals surface area (Å²) in [5, 5.41) is 6.38. The molecule has 0 aliphatic rings. The third-order valence-electron chi connectivity index (χ3n) is 4.30. The fraction of sp³-hybridized carbons (Fsp3) is 0.474. The second-order valence-corrected chi connectivity index (χ2v) is 6.17. The van der Waals surface area contributed by atoms with Crippen LogP contribution in [0.15, 0.2) is 18.2 Å². The van der Waals surface area contributed by atoms with Crippen molar-refractivity contribution in [1.29, 1.82) is 0 Å². The van der Waals surface area contributed by atoms with Crippen molar-refractivity contribution in [2.45, 2.75) is 46.0 Å². The number of aromatic nitrogens is 2. The molecule has 2 rings (SSSR count). The van der Waals surface area contributed by atoms with Gasteiger partial charge in [-0.3, -0.25) is 0 Å². The zero-order chi connectivity index (χ0) is 20.9. The van der Waals surface area contributed by atoms with Gasteiger partial charge in [0.05, 0.1) is 18.5 Å². The van der Waals surface area contributed by atoms with Crippen molar-refractivity contribution in [3.8, 4) is 22.8 Å². The quantitative estimate of drug-likeness (QED) is 0.652. The van der Waals surface area contributed by atoms with E-state index in [1.54, 1.807) is 14.0 Å². The van der Waals surface area contributed by atoms with E-state index in [0.717, 1.165) is 12.8 Å². The van der Waals surface area contributed by atoms with Crippen molar-refractivity contribution in [1.82, 2.24) is 9.97 Å². The zero-order valence-corrected chi connectivity index (χ0v) is 16.6. The Morgan fingerprint density at radius 1 is 1.11 bits per heavy atom. The van der Waals surface area contributed by atoms with Crippen LogP contribution in [0.2, 0.25) is 0 Å². The Labute approximate surface area is 162 Å². The number of hydrogen-bond donors (Lipinski definition) is 2. The Bertz CT molecular complexity index is 808. The van der Waals surface area contributed by atoms with Crippen LogP contribution in [-0.2, 0) is 0 Å². The number of rotatable bonds is 8. The Hall–Kier alpha value is -2.71. The van der Waals surface area contributed by atoms with E-state index in [-0.39, 0.29) is 17.5 Å². The highest BCUT2D eigenvalue weighted by molar-refractivity contribution is 5.74. The van der Waals surface area contributed by atoms with Gasteiger partial charge in [0.15, 0.2) is 11.6 Å². The summed E-state index contributed by atoms with van der Waals surface area (Å²) in [7, 11) is 3.11. The van der Waals surface area contributed by atoms with Crippen LogP contribution in [-0.4, -0.2) is 36.5 Å². The van der Waals surface area contributed by atoms with Crippen LogP contribution in [0.4, 0.5) is 24.8 Å². The molecule has 0 fully saturated rings. The number of hydrogen-bond acceptors (Lipinski definition) is 6. The largest absolute Gasteiger partial charge is 0.573 e. The Kier molecular flexibility index (Phi) is 6.93. The van der Waals surface area contributed by atoms with Crippen LogP contribution in [0.25, 0.3) is 11.3 Å². The van der Waals surface area contributed by atoms with E-state index in [1.807, 2.05) is 0 Å². The monoisotopic (exact) mass is 398 g/mol. The zero-order valence-electron chi connectivity index (χ0n) is 16.6. The first-order valence-electron chi connectivity index (χ1n) is 8.99. The number of benzene rings is 1. The molecule has 1 aromatic heterocycles. The molecule has 0 saturated carbocycles. The molecule has 2 aromatic rings. The van der Waals surface area contributed by atoms with Gasteiger partial charge >= 0.3 is 6.36 Å². The number of nitrogens with one attached hydrogen (secondary N) is 2. The van der Waals surface area contributed by atoms with E-state index in [2.05, 4.69) is 39.2 Å². The topological polar surface area (TPSA) is 68.3 Å². The van der Waals surface area contributed by atoms with E-state index < -0.39 is 6.36 Å².